The Morgan fingerprint density at radius 3 is 2.56 bits per heavy atom. The third-order valence-corrected chi connectivity index (χ3v) is 8.97. The summed E-state index contributed by atoms with van der Waals surface area (Å²) in [4.78, 5) is 20.5. The van der Waals surface area contributed by atoms with Crippen LogP contribution in [0.4, 0.5) is 15.8 Å². The van der Waals surface area contributed by atoms with E-state index in [2.05, 4.69) is 23.6 Å². The minimum absolute atomic E-state index is 0.0517. The number of ether oxygens (including phenoxy) is 2. The number of thiophene rings is 1. The van der Waals surface area contributed by atoms with Crippen LogP contribution in [-0.4, -0.2) is 63.4 Å². The first-order chi connectivity index (χ1) is 19.1. The molecule has 1 aliphatic carbocycles. The maximum atomic E-state index is 15.3. The predicted molar refractivity (Wildman–Crippen MR) is 153 cm³/mol. The maximum absolute atomic E-state index is 15.3. The van der Waals surface area contributed by atoms with Crippen LogP contribution in [0.5, 0.6) is 5.75 Å². The highest BCUT2D eigenvalue weighted by Crippen LogP contribution is 2.52. The van der Waals surface area contributed by atoms with Gasteiger partial charge in [0.15, 0.2) is 0 Å². The number of piperidine rings is 1. The standard InChI is InChI=1S/C31H34FN3O3S/c1-2-13-38-24-8-5-22(6-9-24)18-33-19-25-26(20-33)27(25)21-35(31(36)30-4-3-16-39-30)23-7-10-29(28(32)17-23)34-11-14-37-15-12-34/h2-10,16-17,25-27H,1,11-15,18-21H2. The molecule has 2 unspecified atom stereocenters. The third kappa shape index (κ3) is 5.73. The number of nitrogens with zero attached hydrogens (tertiary/aromatic N) is 3. The molecule has 1 amide bonds. The number of rotatable bonds is 10. The van der Waals surface area contributed by atoms with Crippen molar-refractivity contribution in [3.8, 4) is 5.75 Å². The Balaban J connectivity index is 1.11. The van der Waals surface area contributed by atoms with Gasteiger partial charge in [-0.05, 0) is 65.1 Å². The number of carbonyl (C=O) groups is 1. The van der Waals surface area contributed by atoms with Crippen molar-refractivity contribution in [1.82, 2.24) is 4.90 Å². The average Bonchev–Trinajstić information content (AvgIpc) is 3.34. The highest BCUT2D eigenvalue weighted by Gasteiger charge is 2.56. The van der Waals surface area contributed by atoms with Crippen LogP contribution < -0.4 is 14.5 Å². The Morgan fingerprint density at radius 1 is 1.13 bits per heavy atom. The lowest BCUT2D eigenvalue weighted by Gasteiger charge is -2.30. The van der Waals surface area contributed by atoms with Gasteiger partial charge in [-0.25, -0.2) is 4.39 Å². The van der Waals surface area contributed by atoms with Gasteiger partial charge in [0.1, 0.15) is 18.2 Å². The van der Waals surface area contributed by atoms with Gasteiger partial charge in [-0.15, -0.1) is 11.3 Å². The van der Waals surface area contributed by atoms with E-state index in [-0.39, 0.29) is 11.7 Å². The fourth-order valence-corrected chi connectivity index (χ4v) is 6.69. The second-order valence-corrected chi connectivity index (χ2v) is 11.5. The molecule has 3 aromatic rings. The van der Waals surface area contributed by atoms with Crippen molar-refractivity contribution in [3.63, 3.8) is 0 Å². The molecule has 0 spiro atoms. The smallest absolute Gasteiger partial charge is 0.268 e. The second kappa shape index (κ2) is 11.5. The lowest BCUT2D eigenvalue weighted by atomic mass is 10.1. The quantitative estimate of drug-likeness (QED) is 0.322. The van der Waals surface area contributed by atoms with Crippen LogP contribution in [0.2, 0.25) is 0 Å². The fourth-order valence-electron chi connectivity index (χ4n) is 6.02. The number of anilines is 2. The van der Waals surface area contributed by atoms with E-state index in [0.29, 0.717) is 73.5 Å². The topological polar surface area (TPSA) is 45.2 Å². The molecular formula is C31H34FN3O3S. The van der Waals surface area contributed by atoms with Crippen LogP contribution in [0.3, 0.4) is 0 Å². The number of fused-ring (bicyclic) bond motifs is 1. The van der Waals surface area contributed by atoms with E-state index >= 15 is 4.39 Å². The van der Waals surface area contributed by atoms with Crippen molar-refractivity contribution in [2.24, 2.45) is 17.8 Å². The third-order valence-electron chi connectivity index (χ3n) is 8.11. The first-order valence-corrected chi connectivity index (χ1v) is 14.5. The maximum Gasteiger partial charge on any atom is 0.268 e. The number of amides is 1. The highest BCUT2D eigenvalue weighted by atomic mass is 32.1. The number of hydrogen-bond acceptors (Lipinski definition) is 6. The summed E-state index contributed by atoms with van der Waals surface area (Å²) in [6.07, 6.45) is 1.74. The Kier molecular flexibility index (Phi) is 7.68. The SMILES string of the molecule is C=CCOc1ccc(CN2CC3C(C2)C3CN(C(=O)c2cccs2)c2ccc(N3CCOCC3)c(F)c2)cc1. The summed E-state index contributed by atoms with van der Waals surface area (Å²) in [5.41, 5.74) is 2.47. The average molecular weight is 548 g/mol. The molecule has 3 heterocycles. The van der Waals surface area contributed by atoms with E-state index in [1.54, 1.807) is 11.0 Å². The molecule has 2 saturated heterocycles. The van der Waals surface area contributed by atoms with E-state index < -0.39 is 0 Å². The normalized spacial score (nSPS) is 22.4. The number of halogens is 1. The molecule has 6 rings (SSSR count). The number of carbonyl (C=O) groups excluding carboxylic acids is 1. The van der Waals surface area contributed by atoms with Gasteiger partial charge in [-0.1, -0.05) is 30.9 Å². The molecule has 0 bridgehead atoms. The van der Waals surface area contributed by atoms with E-state index in [4.69, 9.17) is 9.47 Å². The first-order valence-electron chi connectivity index (χ1n) is 13.6. The largest absolute Gasteiger partial charge is 0.490 e. The van der Waals surface area contributed by atoms with Gasteiger partial charge in [-0.3, -0.25) is 9.69 Å². The van der Waals surface area contributed by atoms with Gasteiger partial charge in [0.25, 0.3) is 5.91 Å². The van der Waals surface area contributed by atoms with Crippen LogP contribution in [0.1, 0.15) is 15.2 Å². The minimum atomic E-state index is -0.290. The number of likely N-dealkylation sites (tertiary alicyclic amines) is 1. The second-order valence-electron chi connectivity index (χ2n) is 10.6. The molecule has 2 aliphatic heterocycles. The molecule has 8 heteroatoms. The molecule has 0 N–H and O–H groups in total. The van der Waals surface area contributed by atoms with Crippen LogP contribution in [-0.2, 0) is 11.3 Å². The zero-order valence-electron chi connectivity index (χ0n) is 22.0. The van der Waals surface area contributed by atoms with E-state index in [1.165, 1.54) is 23.0 Å². The van der Waals surface area contributed by atoms with Crippen LogP contribution in [0, 0.1) is 23.6 Å². The van der Waals surface area contributed by atoms with Crippen molar-refractivity contribution in [1.29, 1.82) is 0 Å². The molecule has 2 atom stereocenters. The predicted octanol–water partition coefficient (Wildman–Crippen LogP) is 5.31. The molecule has 1 aromatic heterocycles. The van der Waals surface area contributed by atoms with Gasteiger partial charge in [0, 0.05) is 45.0 Å². The van der Waals surface area contributed by atoms with E-state index in [9.17, 15) is 4.79 Å². The zero-order valence-corrected chi connectivity index (χ0v) is 22.8. The Bertz CT molecular complexity index is 1280. The van der Waals surface area contributed by atoms with Crippen molar-refractivity contribution >= 4 is 28.6 Å². The van der Waals surface area contributed by atoms with Gasteiger partial charge < -0.3 is 19.3 Å². The molecular weight excluding hydrogens is 513 g/mol. The molecule has 0 radical (unpaired) electrons. The summed E-state index contributed by atoms with van der Waals surface area (Å²) in [5, 5.41) is 1.91. The summed E-state index contributed by atoms with van der Waals surface area (Å²) < 4.78 is 26.3. The molecule has 3 fully saturated rings. The molecule has 2 aromatic carbocycles. The lowest BCUT2D eigenvalue weighted by molar-refractivity contribution is 0.0988. The summed E-state index contributed by atoms with van der Waals surface area (Å²) in [6, 6.07) is 17.2. The van der Waals surface area contributed by atoms with Gasteiger partial charge in [0.2, 0.25) is 0 Å². The number of morpholine rings is 1. The number of benzene rings is 2. The zero-order chi connectivity index (χ0) is 26.8. The summed E-state index contributed by atoms with van der Waals surface area (Å²) in [5.74, 6) is 2.08. The van der Waals surface area contributed by atoms with E-state index in [0.717, 1.165) is 25.4 Å². The Labute approximate surface area is 233 Å². The van der Waals surface area contributed by atoms with Crippen molar-refractivity contribution in [3.05, 3.63) is 88.9 Å². The molecule has 1 saturated carbocycles. The van der Waals surface area contributed by atoms with Gasteiger partial charge >= 0.3 is 0 Å². The van der Waals surface area contributed by atoms with E-state index in [1.807, 2.05) is 46.7 Å². The number of hydrogen-bond donors (Lipinski definition) is 0. The first kappa shape index (κ1) is 26.0. The molecule has 3 aliphatic rings. The molecule has 39 heavy (non-hydrogen) atoms. The summed E-state index contributed by atoms with van der Waals surface area (Å²) >= 11 is 1.43. The van der Waals surface area contributed by atoms with Crippen molar-refractivity contribution in [2.75, 3.05) is 62.3 Å². The molecule has 204 valence electrons. The summed E-state index contributed by atoms with van der Waals surface area (Å²) in [6.45, 7) is 10.3. The lowest BCUT2D eigenvalue weighted by Crippen LogP contribution is -2.37. The molecule has 6 nitrogen and oxygen atoms in total. The van der Waals surface area contributed by atoms with Crippen LogP contribution in [0.15, 0.2) is 72.6 Å². The van der Waals surface area contributed by atoms with Crippen molar-refractivity contribution < 1.29 is 18.7 Å². The van der Waals surface area contributed by atoms with Crippen molar-refractivity contribution in [2.45, 2.75) is 6.54 Å². The van der Waals surface area contributed by atoms with Crippen LogP contribution >= 0.6 is 11.3 Å². The van der Waals surface area contributed by atoms with Crippen LogP contribution in [0.25, 0.3) is 0 Å². The monoisotopic (exact) mass is 547 g/mol. The summed E-state index contributed by atoms with van der Waals surface area (Å²) in [7, 11) is 0. The van der Waals surface area contributed by atoms with Gasteiger partial charge in [-0.2, -0.15) is 0 Å². The Morgan fingerprint density at radius 2 is 1.90 bits per heavy atom. The fraction of sp³-hybridized carbons (Fsp3) is 0.387. The van der Waals surface area contributed by atoms with Gasteiger partial charge in [0.05, 0.1) is 23.8 Å². The minimum Gasteiger partial charge on any atom is -0.490 e. The Hall–Kier alpha value is -3.20. The highest BCUT2D eigenvalue weighted by molar-refractivity contribution is 7.12.